The molecular formula is C15H21N3O3. The van der Waals surface area contributed by atoms with Crippen molar-refractivity contribution in [3.63, 3.8) is 0 Å². The zero-order valence-corrected chi connectivity index (χ0v) is 12.5. The number of likely N-dealkylation sites (tertiary alicyclic amines) is 1. The van der Waals surface area contributed by atoms with Gasteiger partial charge in [0.1, 0.15) is 0 Å². The molecule has 1 fully saturated rings. The molecule has 1 atom stereocenters. The van der Waals surface area contributed by atoms with Gasteiger partial charge in [-0.3, -0.25) is 14.9 Å². The van der Waals surface area contributed by atoms with E-state index in [-0.39, 0.29) is 22.6 Å². The van der Waals surface area contributed by atoms with Gasteiger partial charge in [-0.05, 0) is 31.9 Å². The summed E-state index contributed by atoms with van der Waals surface area (Å²) in [6.45, 7) is 5.64. The van der Waals surface area contributed by atoms with Crippen molar-refractivity contribution in [1.82, 2.24) is 10.2 Å². The van der Waals surface area contributed by atoms with Crippen LogP contribution in [0.4, 0.5) is 5.69 Å². The Balaban J connectivity index is 2.16. The lowest BCUT2D eigenvalue weighted by Crippen LogP contribution is -2.50. The SMILES string of the molecule is CCNC1CCCN(Cc2cccc([N+](=O)[O-])c2C)C1=O. The number of carbonyl (C=O) groups is 1. The van der Waals surface area contributed by atoms with E-state index in [2.05, 4.69) is 5.32 Å². The number of nitro benzene ring substituents is 1. The first-order valence-corrected chi connectivity index (χ1v) is 7.29. The van der Waals surface area contributed by atoms with Crippen LogP contribution in [-0.2, 0) is 11.3 Å². The number of nitro groups is 1. The molecule has 1 aromatic rings. The minimum Gasteiger partial charge on any atom is -0.337 e. The summed E-state index contributed by atoms with van der Waals surface area (Å²) in [6.07, 6.45) is 1.81. The van der Waals surface area contributed by atoms with E-state index in [4.69, 9.17) is 0 Å². The van der Waals surface area contributed by atoms with Crippen LogP contribution in [0.1, 0.15) is 30.9 Å². The molecule has 0 spiro atoms. The molecule has 1 aliphatic rings. The van der Waals surface area contributed by atoms with Gasteiger partial charge in [-0.15, -0.1) is 0 Å². The number of nitrogens with zero attached hydrogens (tertiary/aromatic N) is 2. The van der Waals surface area contributed by atoms with Gasteiger partial charge >= 0.3 is 0 Å². The van der Waals surface area contributed by atoms with Crippen molar-refractivity contribution in [1.29, 1.82) is 0 Å². The van der Waals surface area contributed by atoms with Gasteiger partial charge < -0.3 is 10.2 Å². The van der Waals surface area contributed by atoms with Gasteiger partial charge in [0.15, 0.2) is 0 Å². The second-order valence-electron chi connectivity index (χ2n) is 5.33. The lowest BCUT2D eigenvalue weighted by atomic mass is 10.0. The maximum atomic E-state index is 12.4. The second-order valence-corrected chi connectivity index (χ2v) is 5.33. The van der Waals surface area contributed by atoms with Crippen LogP contribution in [0.25, 0.3) is 0 Å². The Labute approximate surface area is 124 Å². The van der Waals surface area contributed by atoms with Crippen LogP contribution in [0, 0.1) is 17.0 Å². The highest BCUT2D eigenvalue weighted by Crippen LogP contribution is 2.23. The fourth-order valence-electron chi connectivity index (χ4n) is 2.78. The quantitative estimate of drug-likeness (QED) is 0.665. The summed E-state index contributed by atoms with van der Waals surface area (Å²) in [4.78, 5) is 24.8. The van der Waals surface area contributed by atoms with Crippen molar-refractivity contribution < 1.29 is 9.72 Å². The van der Waals surface area contributed by atoms with E-state index in [1.165, 1.54) is 6.07 Å². The van der Waals surface area contributed by atoms with Crippen LogP contribution in [0.3, 0.4) is 0 Å². The highest BCUT2D eigenvalue weighted by molar-refractivity contribution is 5.82. The van der Waals surface area contributed by atoms with Gasteiger partial charge in [0.05, 0.1) is 11.0 Å². The number of amides is 1. The van der Waals surface area contributed by atoms with E-state index in [1.807, 2.05) is 13.0 Å². The van der Waals surface area contributed by atoms with Crippen LogP contribution >= 0.6 is 0 Å². The van der Waals surface area contributed by atoms with Gasteiger partial charge in [0, 0.05) is 24.7 Å². The number of hydrogen-bond donors (Lipinski definition) is 1. The Kier molecular flexibility index (Phi) is 4.90. The van der Waals surface area contributed by atoms with E-state index in [0.717, 1.165) is 24.9 Å². The Hall–Kier alpha value is -1.95. The summed E-state index contributed by atoms with van der Waals surface area (Å²) in [5.41, 5.74) is 1.59. The fourth-order valence-corrected chi connectivity index (χ4v) is 2.78. The van der Waals surface area contributed by atoms with Crippen molar-refractivity contribution in [2.45, 2.75) is 39.3 Å². The van der Waals surface area contributed by atoms with E-state index in [9.17, 15) is 14.9 Å². The van der Waals surface area contributed by atoms with Gasteiger partial charge in [-0.25, -0.2) is 0 Å². The normalized spacial score (nSPS) is 18.9. The highest BCUT2D eigenvalue weighted by Gasteiger charge is 2.28. The number of nitrogens with one attached hydrogen (secondary N) is 1. The summed E-state index contributed by atoms with van der Waals surface area (Å²) in [7, 11) is 0. The number of benzene rings is 1. The highest BCUT2D eigenvalue weighted by atomic mass is 16.6. The molecule has 1 saturated heterocycles. The molecule has 0 aliphatic carbocycles. The molecule has 0 bridgehead atoms. The Morgan fingerprint density at radius 3 is 2.90 bits per heavy atom. The Bertz CT molecular complexity index is 543. The Morgan fingerprint density at radius 2 is 2.24 bits per heavy atom. The van der Waals surface area contributed by atoms with Crippen LogP contribution in [-0.4, -0.2) is 34.9 Å². The van der Waals surface area contributed by atoms with Crippen LogP contribution in [0.5, 0.6) is 0 Å². The van der Waals surface area contributed by atoms with Crippen molar-refractivity contribution >= 4 is 11.6 Å². The molecule has 2 rings (SSSR count). The average molecular weight is 291 g/mol. The summed E-state index contributed by atoms with van der Waals surface area (Å²) < 4.78 is 0. The van der Waals surface area contributed by atoms with E-state index in [0.29, 0.717) is 18.7 Å². The molecule has 1 N–H and O–H groups in total. The van der Waals surface area contributed by atoms with Crippen molar-refractivity contribution in [2.75, 3.05) is 13.1 Å². The largest absolute Gasteiger partial charge is 0.337 e. The van der Waals surface area contributed by atoms with E-state index < -0.39 is 0 Å². The first-order chi connectivity index (χ1) is 10.0. The molecular weight excluding hydrogens is 270 g/mol. The third-order valence-corrected chi connectivity index (χ3v) is 3.96. The number of rotatable bonds is 5. The maximum Gasteiger partial charge on any atom is 0.272 e. The van der Waals surface area contributed by atoms with Crippen molar-refractivity contribution in [3.8, 4) is 0 Å². The molecule has 21 heavy (non-hydrogen) atoms. The van der Waals surface area contributed by atoms with Gasteiger partial charge in [-0.1, -0.05) is 19.1 Å². The van der Waals surface area contributed by atoms with Crippen molar-refractivity contribution in [3.05, 3.63) is 39.4 Å². The zero-order valence-electron chi connectivity index (χ0n) is 12.5. The minimum absolute atomic E-state index is 0.0917. The predicted octanol–water partition coefficient (Wildman–Crippen LogP) is 2.00. The molecule has 0 aromatic heterocycles. The van der Waals surface area contributed by atoms with Gasteiger partial charge in [0.25, 0.3) is 5.69 Å². The molecule has 114 valence electrons. The van der Waals surface area contributed by atoms with Crippen LogP contribution in [0.15, 0.2) is 18.2 Å². The van der Waals surface area contributed by atoms with Gasteiger partial charge in [-0.2, -0.15) is 0 Å². The standard InChI is InChI=1S/C15H21N3O3/c1-3-16-13-7-5-9-17(15(13)19)10-12-6-4-8-14(11(12)2)18(20)21/h4,6,8,13,16H,3,5,7,9-10H2,1-2H3. The fraction of sp³-hybridized carbons (Fsp3) is 0.533. The summed E-state index contributed by atoms with van der Waals surface area (Å²) in [6, 6.07) is 4.91. The number of hydrogen-bond acceptors (Lipinski definition) is 4. The van der Waals surface area contributed by atoms with E-state index in [1.54, 1.807) is 17.9 Å². The molecule has 6 heteroatoms. The van der Waals surface area contributed by atoms with E-state index >= 15 is 0 Å². The van der Waals surface area contributed by atoms with Crippen molar-refractivity contribution in [2.24, 2.45) is 0 Å². The molecule has 0 radical (unpaired) electrons. The minimum atomic E-state index is -0.377. The summed E-state index contributed by atoms with van der Waals surface area (Å²) in [5, 5.41) is 14.2. The number of carbonyl (C=O) groups excluding carboxylic acids is 1. The first-order valence-electron chi connectivity index (χ1n) is 7.29. The lowest BCUT2D eigenvalue weighted by Gasteiger charge is -2.33. The Morgan fingerprint density at radius 1 is 1.48 bits per heavy atom. The third kappa shape index (κ3) is 3.39. The molecule has 1 heterocycles. The van der Waals surface area contributed by atoms with Crippen LogP contribution in [0.2, 0.25) is 0 Å². The molecule has 6 nitrogen and oxygen atoms in total. The van der Waals surface area contributed by atoms with Crippen LogP contribution < -0.4 is 5.32 Å². The van der Waals surface area contributed by atoms with Gasteiger partial charge in [0.2, 0.25) is 5.91 Å². The molecule has 1 aromatic carbocycles. The molecule has 0 saturated carbocycles. The zero-order chi connectivity index (χ0) is 15.4. The maximum absolute atomic E-state index is 12.4. The summed E-state index contributed by atoms with van der Waals surface area (Å²) in [5.74, 6) is 0.0917. The number of piperidine rings is 1. The first kappa shape index (κ1) is 15.4. The molecule has 1 amide bonds. The monoisotopic (exact) mass is 291 g/mol. The summed E-state index contributed by atoms with van der Waals surface area (Å²) >= 11 is 0. The number of likely N-dealkylation sites (N-methyl/N-ethyl adjacent to an activating group) is 1. The smallest absolute Gasteiger partial charge is 0.272 e. The predicted molar refractivity (Wildman–Crippen MR) is 79.9 cm³/mol. The topological polar surface area (TPSA) is 75.5 Å². The second kappa shape index (κ2) is 6.67. The average Bonchev–Trinajstić information content (AvgIpc) is 2.45. The molecule has 1 unspecified atom stereocenters. The third-order valence-electron chi connectivity index (χ3n) is 3.96. The lowest BCUT2D eigenvalue weighted by molar-refractivity contribution is -0.385. The molecule has 1 aliphatic heterocycles.